The van der Waals surface area contributed by atoms with E-state index in [0.29, 0.717) is 48.7 Å². The maximum atomic E-state index is 13.9. The van der Waals surface area contributed by atoms with Gasteiger partial charge in [0.1, 0.15) is 11.8 Å². The Balaban J connectivity index is 2.27. The van der Waals surface area contributed by atoms with Crippen molar-refractivity contribution in [1.82, 2.24) is 4.90 Å². The molecule has 1 aliphatic heterocycles. The summed E-state index contributed by atoms with van der Waals surface area (Å²) in [5.41, 5.74) is -0.386. The lowest BCUT2D eigenvalue weighted by Crippen LogP contribution is -2.47. The average molecular weight is 442 g/mol. The maximum absolute atomic E-state index is 13.9. The molecule has 2 atom stereocenters. The van der Waals surface area contributed by atoms with E-state index in [-0.39, 0.29) is 5.56 Å². The van der Waals surface area contributed by atoms with Crippen molar-refractivity contribution in [1.29, 1.82) is 0 Å². The molecule has 1 saturated heterocycles. The summed E-state index contributed by atoms with van der Waals surface area (Å²) in [5.74, 6) is -0.664. The molecule has 0 amide bonds. The molecule has 4 nitrogen and oxygen atoms in total. The molecule has 0 spiro atoms. The zero-order valence-electron chi connectivity index (χ0n) is 16.5. The summed E-state index contributed by atoms with van der Waals surface area (Å²) in [6.07, 6.45) is -2.83. The van der Waals surface area contributed by atoms with Crippen molar-refractivity contribution < 1.29 is 27.8 Å². The summed E-state index contributed by atoms with van der Waals surface area (Å²) >= 11 is 6.20. The fraction of sp³-hybridized carbons (Fsp3) is 0.409. The van der Waals surface area contributed by atoms with Gasteiger partial charge >= 0.3 is 12.1 Å². The molecule has 2 aromatic rings. The highest BCUT2D eigenvalue weighted by atomic mass is 35.5. The van der Waals surface area contributed by atoms with Crippen LogP contribution in [0.3, 0.4) is 0 Å². The number of hydrogen-bond donors (Lipinski definition) is 1. The number of hydrogen-bond acceptors (Lipinski definition) is 3. The largest absolute Gasteiger partial charge is 0.494 e. The van der Waals surface area contributed by atoms with Crippen molar-refractivity contribution in [2.24, 2.45) is 0 Å². The molecule has 1 N–H and O–H groups in total. The summed E-state index contributed by atoms with van der Waals surface area (Å²) in [6.45, 7) is 2.44. The summed E-state index contributed by atoms with van der Waals surface area (Å²) in [7, 11) is 0. The molecule has 8 heteroatoms. The molecule has 2 aromatic carbocycles. The predicted octanol–water partition coefficient (Wildman–Crippen LogP) is 5.79. The maximum Gasteiger partial charge on any atom is 0.416 e. The number of aliphatic carboxylic acids is 1. The topological polar surface area (TPSA) is 49.8 Å². The Kier molecular flexibility index (Phi) is 6.93. The summed E-state index contributed by atoms with van der Waals surface area (Å²) in [5, 5.41) is 10.1. The van der Waals surface area contributed by atoms with Crippen molar-refractivity contribution in [3.63, 3.8) is 0 Å². The lowest BCUT2D eigenvalue weighted by molar-refractivity contribution is -0.145. The summed E-state index contributed by atoms with van der Waals surface area (Å²) in [4.78, 5) is 13.6. The molecule has 162 valence electrons. The zero-order valence-corrected chi connectivity index (χ0v) is 17.2. The Labute approximate surface area is 178 Å². The van der Waals surface area contributed by atoms with Crippen LogP contribution in [-0.4, -0.2) is 35.2 Å². The Hall–Kier alpha value is -2.25. The number of likely N-dealkylation sites (tertiary alicyclic amines) is 1. The van der Waals surface area contributed by atoms with Gasteiger partial charge in [0.25, 0.3) is 0 Å². The van der Waals surface area contributed by atoms with E-state index >= 15 is 0 Å². The van der Waals surface area contributed by atoms with Crippen molar-refractivity contribution in [3.8, 4) is 5.75 Å². The van der Waals surface area contributed by atoms with E-state index in [0.717, 1.165) is 6.07 Å². The zero-order chi connectivity index (χ0) is 21.9. The smallest absolute Gasteiger partial charge is 0.416 e. The first kappa shape index (κ1) is 22.4. The number of nitrogens with zero attached hydrogens (tertiary/aromatic N) is 1. The molecule has 0 aromatic heterocycles. The van der Waals surface area contributed by atoms with E-state index in [4.69, 9.17) is 16.3 Å². The number of carbonyl (C=O) groups is 1. The lowest BCUT2D eigenvalue weighted by Gasteiger charge is -2.40. The van der Waals surface area contributed by atoms with E-state index in [1.165, 1.54) is 18.2 Å². The molecule has 1 heterocycles. The van der Waals surface area contributed by atoms with E-state index in [2.05, 4.69) is 0 Å². The molecule has 1 fully saturated rings. The number of halogens is 4. The van der Waals surface area contributed by atoms with Crippen molar-refractivity contribution >= 4 is 17.6 Å². The normalized spacial score (nSPS) is 18.8. The molecule has 0 saturated carbocycles. The van der Waals surface area contributed by atoms with Crippen molar-refractivity contribution in [3.05, 3.63) is 64.2 Å². The molecule has 1 aliphatic rings. The number of rotatable bonds is 6. The minimum absolute atomic E-state index is 0.0126. The first-order chi connectivity index (χ1) is 14.2. The monoisotopic (exact) mass is 441 g/mol. The van der Waals surface area contributed by atoms with Gasteiger partial charge in [0, 0.05) is 10.6 Å². The van der Waals surface area contributed by atoms with Crippen LogP contribution in [0.25, 0.3) is 0 Å². The molecule has 0 radical (unpaired) electrons. The van der Waals surface area contributed by atoms with Gasteiger partial charge in [0.05, 0.1) is 18.2 Å². The van der Waals surface area contributed by atoms with Crippen molar-refractivity contribution in [2.75, 3.05) is 13.2 Å². The highest BCUT2D eigenvalue weighted by Gasteiger charge is 2.41. The summed E-state index contributed by atoms with van der Waals surface area (Å²) < 4.78 is 47.3. The molecular formula is C22H23ClF3NO3. The molecule has 2 unspecified atom stereocenters. The second-order valence-electron chi connectivity index (χ2n) is 7.19. The van der Waals surface area contributed by atoms with Crippen LogP contribution in [0.4, 0.5) is 13.2 Å². The third-order valence-corrected chi connectivity index (χ3v) is 5.52. The minimum atomic E-state index is -4.59. The number of carboxylic acids is 1. The molecule has 0 bridgehead atoms. The van der Waals surface area contributed by atoms with E-state index in [1.54, 1.807) is 30.0 Å². The highest BCUT2D eigenvalue weighted by molar-refractivity contribution is 6.30. The van der Waals surface area contributed by atoms with Crippen LogP contribution >= 0.6 is 11.6 Å². The van der Waals surface area contributed by atoms with E-state index in [9.17, 15) is 23.1 Å². The van der Waals surface area contributed by atoms with Crippen LogP contribution in [0.15, 0.2) is 42.5 Å². The first-order valence-electron chi connectivity index (χ1n) is 9.81. The van der Waals surface area contributed by atoms with Gasteiger partial charge in [-0.25, -0.2) is 0 Å². The molecule has 30 heavy (non-hydrogen) atoms. The minimum Gasteiger partial charge on any atom is -0.494 e. The van der Waals surface area contributed by atoms with Gasteiger partial charge in [-0.3, -0.25) is 9.69 Å². The van der Waals surface area contributed by atoms with Crippen LogP contribution in [0, 0.1) is 0 Å². The second kappa shape index (κ2) is 9.27. The predicted molar refractivity (Wildman–Crippen MR) is 108 cm³/mol. The highest BCUT2D eigenvalue weighted by Crippen LogP contribution is 2.44. The van der Waals surface area contributed by atoms with Gasteiger partial charge in [-0.15, -0.1) is 0 Å². The number of alkyl halides is 3. The van der Waals surface area contributed by atoms with Crippen LogP contribution < -0.4 is 4.74 Å². The Morgan fingerprint density at radius 3 is 2.63 bits per heavy atom. The third kappa shape index (κ3) is 4.73. The van der Waals surface area contributed by atoms with Gasteiger partial charge in [0.2, 0.25) is 0 Å². The van der Waals surface area contributed by atoms with Crippen LogP contribution in [0.1, 0.15) is 48.9 Å². The molecule has 3 rings (SSSR count). The SMILES string of the molecule is CCOc1ccc(Cl)cc1C(c1ccccc1C(F)(F)F)N1CCCCC1C(=O)O. The summed E-state index contributed by atoms with van der Waals surface area (Å²) in [6, 6.07) is 8.20. The Morgan fingerprint density at radius 1 is 1.23 bits per heavy atom. The fourth-order valence-corrected chi connectivity index (χ4v) is 4.25. The molecular weight excluding hydrogens is 419 g/mol. The third-order valence-electron chi connectivity index (χ3n) is 5.29. The Bertz CT molecular complexity index is 903. The van der Waals surface area contributed by atoms with Crippen LogP contribution in [-0.2, 0) is 11.0 Å². The lowest BCUT2D eigenvalue weighted by atomic mass is 9.88. The van der Waals surface area contributed by atoms with Gasteiger partial charge in [0.15, 0.2) is 0 Å². The average Bonchev–Trinajstić information content (AvgIpc) is 2.70. The standard InChI is InChI=1S/C22H23ClF3NO3/c1-2-30-19-11-10-14(23)13-16(19)20(27-12-6-5-9-18(27)21(28)29)15-7-3-4-8-17(15)22(24,25)26/h3-4,7-8,10-11,13,18,20H,2,5-6,9,12H2,1H3,(H,28,29). The molecule has 0 aliphatic carbocycles. The van der Waals surface area contributed by atoms with E-state index in [1.807, 2.05) is 0 Å². The van der Waals surface area contributed by atoms with E-state index < -0.39 is 29.8 Å². The van der Waals surface area contributed by atoms with Gasteiger partial charge in [-0.05, 0) is 56.1 Å². The first-order valence-corrected chi connectivity index (χ1v) is 10.2. The Morgan fingerprint density at radius 2 is 1.97 bits per heavy atom. The van der Waals surface area contributed by atoms with Crippen LogP contribution in [0.5, 0.6) is 5.75 Å². The quantitative estimate of drug-likeness (QED) is 0.616. The van der Waals surface area contributed by atoms with Crippen molar-refractivity contribution in [2.45, 2.75) is 44.4 Å². The number of piperidine rings is 1. The van der Waals surface area contributed by atoms with Gasteiger partial charge < -0.3 is 9.84 Å². The van der Waals surface area contributed by atoms with Gasteiger partial charge in [-0.1, -0.05) is 36.2 Å². The number of ether oxygens (including phenoxy) is 1. The second-order valence-corrected chi connectivity index (χ2v) is 7.63. The number of carboxylic acid groups (broad SMARTS) is 1. The van der Waals surface area contributed by atoms with Gasteiger partial charge in [-0.2, -0.15) is 13.2 Å². The number of benzene rings is 2. The fourth-order valence-electron chi connectivity index (χ4n) is 4.07. The van der Waals surface area contributed by atoms with Crippen LogP contribution in [0.2, 0.25) is 5.02 Å².